The van der Waals surface area contributed by atoms with Crippen molar-refractivity contribution in [3.05, 3.63) is 30.0 Å². The Kier molecular flexibility index (Phi) is 3.79. The van der Waals surface area contributed by atoms with E-state index in [4.69, 9.17) is 9.26 Å². The van der Waals surface area contributed by atoms with Crippen molar-refractivity contribution in [2.45, 2.75) is 19.4 Å². The van der Waals surface area contributed by atoms with Crippen LogP contribution in [0.2, 0.25) is 0 Å². The smallest absolute Gasteiger partial charge is 0.414 e. The van der Waals surface area contributed by atoms with Crippen LogP contribution in [0.25, 0.3) is 11.3 Å². The number of hydrogen-bond acceptors (Lipinski definition) is 6. The minimum atomic E-state index is -0.413. The lowest BCUT2D eigenvalue weighted by Crippen LogP contribution is -2.33. The van der Waals surface area contributed by atoms with E-state index in [0.29, 0.717) is 13.1 Å². The van der Waals surface area contributed by atoms with Gasteiger partial charge in [0.05, 0.1) is 19.3 Å². The zero-order valence-corrected chi connectivity index (χ0v) is 13.7. The third-order valence-corrected chi connectivity index (χ3v) is 4.37. The third kappa shape index (κ3) is 2.90. The Morgan fingerprint density at radius 1 is 1.48 bits per heavy atom. The van der Waals surface area contributed by atoms with E-state index >= 15 is 0 Å². The van der Waals surface area contributed by atoms with Crippen LogP contribution in [0, 0.1) is 0 Å². The van der Waals surface area contributed by atoms with E-state index < -0.39 is 6.09 Å². The highest BCUT2D eigenvalue weighted by molar-refractivity contribution is 5.92. The van der Waals surface area contributed by atoms with Gasteiger partial charge in [0.15, 0.2) is 5.76 Å². The highest BCUT2D eigenvalue weighted by Gasteiger charge is 2.33. The molecule has 25 heavy (non-hydrogen) atoms. The quantitative estimate of drug-likeness (QED) is 0.882. The Bertz CT molecular complexity index is 832. The monoisotopic (exact) mass is 342 g/mol. The number of carbonyl (C=O) groups is 2. The number of nitrogens with one attached hydrogen (secondary N) is 2. The maximum absolute atomic E-state index is 12.2. The Hall–Kier alpha value is -3.03. The average molecular weight is 342 g/mol. The molecule has 1 unspecified atom stereocenters. The van der Waals surface area contributed by atoms with Crippen LogP contribution in [0.4, 0.5) is 16.2 Å². The molecule has 0 saturated carbocycles. The summed E-state index contributed by atoms with van der Waals surface area (Å²) in [6, 6.07) is 5.69. The van der Waals surface area contributed by atoms with E-state index in [1.54, 1.807) is 11.1 Å². The second-order valence-corrected chi connectivity index (χ2v) is 6.14. The topological polar surface area (TPSA) is 96.7 Å². The van der Waals surface area contributed by atoms with Gasteiger partial charge in [0.2, 0.25) is 5.91 Å². The maximum atomic E-state index is 12.2. The summed E-state index contributed by atoms with van der Waals surface area (Å²) in [5.74, 6) is 0.616. The van der Waals surface area contributed by atoms with Gasteiger partial charge in [-0.2, -0.15) is 0 Å². The van der Waals surface area contributed by atoms with E-state index in [9.17, 15) is 9.59 Å². The molecule has 0 radical (unpaired) electrons. The summed E-state index contributed by atoms with van der Waals surface area (Å²) in [6.45, 7) is 2.90. The molecule has 4 rings (SSSR count). The van der Waals surface area contributed by atoms with Crippen molar-refractivity contribution in [3.63, 3.8) is 0 Å². The number of ether oxygens (including phenoxy) is 1. The van der Waals surface area contributed by atoms with E-state index in [1.165, 1.54) is 6.92 Å². The van der Waals surface area contributed by atoms with Gasteiger partial charge < -0.3 is 19.9 Å². The molecule has 2 amide bonds. The molecule has 2 aromatic rings. The number of fused-ring (bicyclic) bond motifs is 3. The van der Waals surface area contributed by atoms with Crippen molar-refractivity contribution in [1.82, 2.24) is 10.5 Å². The Labute approximate surface area is 144 Å². The summed E-state index contributed by atoms with van der Waals surface area (Å²) in [7, 11) is 0. The van der Waals surface area contributed by atoms with E-state index in [2.05, 4.69) is 15.8 Å². The molecule has 0 spiro atoms. The van der Waals surface area contributed by atoms with Crippen LogP contribution >= 0.6 is 0 Å². The van der Waals surface area contributed by atoms with Gasteiger partial charge in [0.25, 0.3) is 0 Å². The zero-order valence-electron chi connectivity index (χ0n) is 13.7. The number of amides is 2. The van der Waals surface area contributed by atoms with Gasteiger partial charge in [0.1, 0.15) is 6.10 Å². The molecule has 1 aromatic heterocycles. The molecule has 3 heterocycles. The standard InChI is InChI=1S/C17H18N4O4/c1-10(22)19-8-13-9-21(17(23)24-13)12-2-3-14-15(6-12)18-5-4-11-7-20-25-16(11)14/h2-3,6-7,13,18H,4-5,8-9H2,1H3,(H,19,22). The summed E-state index contributed by atoms with van der Waals surface area (Å²) in [6.07, 6.45) is 1.80. The number of nitrogens with zero attached hydrogens (tertiary/aromatic N) is 2. The van der Waals surface area contributed by atoms with Crippen molar-refractivity contribution in [2.75, 3.05) is 29.9 Å². The minimum absolute atomic E-state index is 0.147. The largest absolute Gasteiger partial charge is 0.442 e. The number of cyclic esters (lactones) is 1. The number of anilines is 2. The molecule has 2 N–H and O–H groups in total. The molecule has 0 aliphatic carbocycles. The van der Waals surface area contributed by atoms with Crippen LogP contribution in [0.5, 0.6) is 0 Å². The molecule has 2 aliphatic heterocycles. The van der Waals surface area contributed by atoms with Gasteiger partial charge in [-0.15, -0.1) is 0 Å². The first-order valence-corrected chi connectivity index (χ1v) is 8.16. The fourth-order valence-corrected chi connectivity index (χ4v) is 3.13. The fourth-order valence-electron chi connectivity index (χ4n) is 3.13. The van der Waals surface area contributed by atoms with Crippen LogP contribution in [0.15, 0.2) is 28.9 Å². The first-order chi connectivity index (χ1) is 12.1. The minimum Gasteiger partial charge on any atom is -0.442 e. The number of hydrogen-bond donors (Lipinski definition) is 2. The predicted octanol–water partition coefficient (Wildman–Crippen LogP) is 1.77. The molecule has 130 valence electrons. The van der Waals surface area contributed by atoms with E-state index in [-0.39, 0.29) is 12.0 Å². The first-order valence-electron chi connectivity index (χ1n) is 8.16. The molecule has 2 aliphatic rings. The lowest BCUT2D eigenvalue weighted by atomic mass is 10.1. The molecule has 1 fully saturated rings. The molecule has 1 saturated heterocycles. The fraction of sp³-hybridized carbons (Fsp3) is 0.353. The van der Waals surface area contributed by atoms with Crippen molar-refractivity contribution in [1.29, 1.82) is 0 Å². The summed E-state index contributed by atoms with van der Waals surface area (Å²) in [5, 5.41) is 9.92. The molecule has 8 heteroatoms. The van der Waals surface area contributed by atoms with Gasteiger partial charge in [-0.1, -0.05) is 5.16 Å². The van der Waals surface area contributed by atoms with Crippen molar-refractivity contribution < 1.29 is 18.8 Å². The van der Waals surface area contributed by atoms with Crippen LogP contribution in [0.1, 0.15) is 12.5 Å². The van der Waals surface area contributed by atoms with Crippen LogP contribution in [-0.2, 0) is 16.0 Å². The second-order valence-electron chi connectivity index (χ2n) is 6.14. The summed E-state index contributed by atoms with van der Waals surface area (Å²) >= 11 is 0. The number of benzene rings is 1. The molecule has 1 atom stereocenters. The highest BCUT2D eigenvalue weighted by Crippen LogP contribution is 2.36. The Balaban J connectivity index is 1.58. The number of rotatable bonds is 3. The van der Waals surface area contributed by atoms with Crippen LogP contribution < -0.4 is 15.5 Å². The van der Waals surface area contributed by atoms with Gasteiger partial charge in [-0.25, -0.2) is 4.79 Å². The Morgan fingerprint density at radius 2 is 2.36 bits per heavy atom. The maximum Gasteiger partial charge on any atom is 0.414 e. The van der Waals surface area contributed by atoms with Crippen molar-refractivity contribution >= 4 is 23.4 Å². The summed E-state index contributed by atoms with van der Waals surface area (Å²) in [4.78, 5) is 24.8. The van der Waals surface area contributed by atoms with Gasteiger partial charge in [-0.3, -0.25) is 9.69 Å². The third-order valence-electron chi connectivity index (χ3n) is 4.37. The lowest BCUT2D eigenvalue weighted by molar-refractivity contribution is -0.119. The molecule has 8 nitrogen and oxygen atoms in total. The van der Waals surface area contributed by atoms with Crippen LogP contribution in [0.3, 0.4) is 0 Å². The average Bonchev–Trinajstić information content (AvgIpc) is 3.15. The van der Waals surface area contributed by atoms with Gasteiger partial charge in [-0.05, 0) is 24.6 Å². The van der Waals surface area contributed by atoms with Gasteiger partial charge in [0, 0.05) is 36.0 Å². The van der Waals surface area contributed by atoms with Gasteiger partial charge >= 0.3 is 6.09 Å². The van der Waals surface area contributed by atoms with E-state index in [1.807, 2.05) is 18.2 Å². The normalized spacial score (nSPS) is 18.7. The zero-order chi connectivity index (χ0) is 17.4. The highest BCUT2D eigenvalue weighted by atomic mass is 16.6. The SMILES string of the molecule is CC(=O)NCC1CN(c2ccc3c(c2)NCCc2cnoc2-3)C(=O)O1. The molecular weight excluding hydrogens is 324 g/mol. The first kappa shape index (κ1) is 15.5. The molecule has 1 aromatic carbocycles. The number of carbonyl (C=O) groups excluding carboxylic acids is 2. The lowest BCUT2D eigenvalue weighted by Gasteiger charge is -2.16. The molecular formula is C17H18N4O4. The Morgan fingerprint density at radius 3 is 3.20 bits per heavy atom. The van der Waals surface area contributed by atoms with Crippen molar-refractivity contribution in [3.8, 4) is 11.3 Å². The van der Waals surface area contributed by atoms with Crippen molar-refractivity contribution in [2.24, 2.45) is 0 Å². The predicted molar refractivity (Wildman–Crippen MR) is 90.4 cm³/mol. The molecule has 0 bridgehead atoms. The number of aromatic nitrogens is 1. The van der Waals surface area contributed by atoms with Crippen LogP contribution in [-0.4, -0.2) is 42.9 Å². The summed E-state index contributed by atoms with van der Waals surface area (Å²) in [5.41, 5.74) is 3.63. The second kappa shape index (κ2) is 6.12. The summed E-state index contributed by atoms with van der Waals surface area (Å²) < 4.78 is 10.7. The van der Waals surface area contributed by atoms with E-state index in [0.717, 1.165) is 41.2 Å².